The van der Waals surface area contributed by atoms with E-state index in [0.717, 1.165) is 16.9 Å². The lowest BCUT2D eigenvalue weighted by Gasteiger charge is -2.26. The Kier molecular flexibility index (Phi) is 6.72. The number of hydrazone groups is 1. The van der Waals surface area contributed by atoms with Crippen LogP contribution in [0.1, 0.15) is 16.7 Å². The number of aliphatic imine (C=N–C) groups is 1. The van der Waals surface area contributed by atoms with Crippen molar-refractivity contribution in [1.29, 1.82) is 0 Å². The fourth-order valence-electron chi connectivity index (χ4n) is 3.19. The summed E-state index contributed by atoms with van der Waals surface area (Å²) in [4.78, 5) is 18.0. The maximum absolute atomic E-state index is 13.2. The van der Waals surface area contributed by atoms with E-state index in [2.05, 4.69) is 17.2 Å². The zero-order valence-electron chi connectivity index (χ0n) is 16.6. The molecular formula is C25H23N3OS. The molecule has 1 heterocycles. The number of rotatable bonds is 7. The van der Waals surface area contributed by atoms with E-state index in [1.807, 2.05) is 85.1 Å². The third-order valence-corrected chi connectivity index (χ3v) is 5.99. The molecule has 30 heavy (non-hydrogen) atoms. The summed E-state index contributed by atoms with van der Waals surface area (Å²) in [5, 5.41) is 5.82. The molecule has 0 aliphatic carbocycles. The standard InChI is InChI=1S/C25H23N3OS/c29-25-24(26-16-20-10-4-1-5-11-20)23(30-19-22-14-8-3-9-15-22)17-27-28(25)18-21-12-6-2-7-13-21/h1-15,17,23H,16,18-19H2. The molecule has 150 valence electrons. The van der Waals surface area contributed by atoms with Crippen molar-refractivity contribution in [3.63, 3.8) is 0 Å². The molecule has 1 aliphatic heterocycles. The molecule has 0 radical (unpaired) electrons. The quantitative estimate of drug-likeness (QED) is 0.550. The van der Waals surface area contributed by atoms with Gasteiger partial charge in [0.1, 0.15) is 5.71 Å². The lowest BCUT2D eigenvalue weighted by molar-refractivity contribution is -0.125. The lowest BCUT2D eigenvalue weighted by Crippen LogP contribution is -2.43. The number of hydrogen-bond donors (Lipinski definition) is 0. The largest absolute Gasteiger partial charge is 0.289 e. The van der Waals surface area contributed by atoms with Crippen LogP contribution in [0.2, 0.25) is 0 Å². The topological polar surface area (TPSA) is 45.0 Å². The molecule has 1 atom stereocenters. The first-order valence-electron chi connectivity index (χ1n) is 9.93. The summed E-state index contributed by atoms with van der Waals surface area (Å²) in [6, 6.07) is 30.2. The lowest BCUT2D eigenvalue weighted by atomic mass is 10.1. The summed E-state index contributed by atoms with van der Waals surface area (Å²) >= 11 is 1.68. The van der Waals surface area contributed by atoms with Gasteiger partial charge in [-0.2, -0.15) is 5.10 Å². The molecular weight excluding hydrogens is 390 g/mol. The third-order valence-electron chi connectivity index (χ3n) is 4.79. The van der Waals surface area contributed by atoms with Crippen LogP contribution in [0.5, 0.6) is 0 Å². The summed E-state index contributed by atoms with van der Waals surface area (Å²) in [5.74, 6) is 0.677. The monoisotopic (exact) mass is 413 g/mol. The maximum Gasteiger partial charge on any atom is 0.289 e. The van der Waals surface area contributed by atoms with Gasteiger partial charge in [0, 0.05) is 12.0 Å². The molecule has 0 saturated carbocycles. The first-order chi connectivity index (χ1) is 14.8. The van der Waals surface area contributed by atoms with Gasteiger partial charge in [0.2, 0.25) is 0 Å². The molecule has 0 bridgehead atoms. The van der Waals surface area contributed by atoms with E-state index < -0.39 is 0 Å². The fourth-order valence-corrected chi connectivity index (χ4v) is 4.22. The highest BCUT2D eigenvalue weighted by atomic mass is 32.2. The van der Waals surface area contributed by atoms with Crippen molar-refractivity contribution in [2.75, 3.05) is 0 Å². The van der Waals surface area contributed by atoms with Gasteiger partial charge in [-0.25, -0.2) is 5.01 Å². The Morgan fingerprint density at radius 3 is 2.00 bits per heavy atom. The number of thioether (sulfide) groups is 1. The number of carbonyl (C=O) groups is 1. The van der Waals surface area contributed by atoms with Gasteiger partial charge in [-0.15, -0.1) is 11.8 Å². The van der Waals surface area contributed by atoms with Crippen LogP contribution in [0, 0.1) is 0 Å². The molecule has 4 nitrogen and oxygen atoms in total. The molecule has 3 aromatic rings. The minimum Gasteiger partial charge on any atom is -0.278 e. The summed E-state index contributed by atoms with van der Waals surface area (Å²) in [6.45, 7) is 0.925. The third kappa shape index (κ3) is 5.24. The van der Waals surface area contributed by atoms with Crippen molar-refractivity contribution in [1.82, 2.24) is 5.01 Å². The second kappa shape index (κ2) is 10.0. The van der Waals surface area contributed by atoms with E-state index >= 15 is 0 Å². The van der Waals surface area contributed by atoms with E-state index in [1.165, 1.54) is 10.6 Å². The minimum atomic E-state index is -0.159. The van der Waals surface area contributed by atoms with Crippen molar-refractivity contribution in [3.05, 3.63) is 108 Å². The fraction of sp³-hybridized carbons (Fsp3) is 0.160. The van der Waals surface area contributed by atoms with Gasteiger partial charge in [0.15, 0.2) is 0 Å². The molecule has 1 aliphatic rings. The normalized spacial score (nSPS) is 17.5. The van der Waals surface area contributed by atoms with Gasteiger partial charge in [0.25, 0.3) is 5.91 Å². The van der Waals surface area contributed by atoms with Crippen molar-refractivity contribution >= 4 is 29.6 Å². The van der Waals surface area contributed by atoms with Gasteiger partial charge < -0.3 is 0 Å². The Labute approximate surface area is 181 Å². The molecule has 4 rings (SSSR count). The molecule has 3 aromatic carbocycles. The Bertz CT molecular complexity index is 1020. The van der Waals surface area contributed by atoms with E-state index in [-0.39, 0.29) is 11.2 Å². The smallest absolute Gasteiger partial charge is 0.278 e. The number of nitrogens with zero attached hydrogens (tertiary/aromatic N) is 3. The number of benzene rings is 3. The van der Waals surface area contributed by atoms with Gasteiger partial charge in [0.05, 0.1) is 18.3 Å². The minimum absolute atomic E-state index is 0.122. The van der Waals surface area contributed by atoms with Crippen molar-refractivity contribution in [3.8, 4) is 0 Å². The van der Waals surface area contributed by atoms with Crippen LogP contribution >= 0.6 is 11.8 Å². The maximum atomic E-state index is 13.2. The van der Waals surface area contributed by atoms with Crippen LogP contribution in [0.15, 0.2) is 101 Å². The van der Waals surface area contributed by atoms with E-state index in [1.54, 1.807) is 11.8 Å². The molecule has 0 fully saturated rings. The van der Waals surface area contributed by atoms with E-state index in [9.17, 15) is 4.79 Å². The number of hydrogen-bond acceptors (Lipinski definition) is 4. The number of carbonyl (C=O) groups excluding carboxylic acids is 1. The predicted molar refractivity (Wildman–Crippen MR) is 125 cm³/mol. The van der Waals surface area contributed by atoms with Crippen molar-refractivity contribution in [2.24, 2.45) is 10.1 Å². The van der Waals surface area contributed by atoms with Gasteiger partial charge in [-0.3, -0.25) is 9.79 Å². The molecule has 1 unspecified atom stereocenters. The Balaban J connectivity index is 1.54. The zero-order chi connectivity index (χ0) is 20.6. The average molecular weight is 414 g/mol. The molecule has 1 amide bonds. The predicted octanol–water partition coefficient (Wildman–Crippen LogP) is 4.96. The highest BCUT2D eigenvalue weighted by Gasteiger charge is 2.30. The Hall–Kier alpha value is -3.18. The van der Waals surface area contributed by atoms with Crippen LogP contribution in [0.3, 0.4) is 0 Å². The van der Waals surface area contributed by atoms with E-state index in [4.69, 9.17) is 4.99 Å². The van der Waals surface area contributed by atoms with E-state index in [0.29, 0.717) is 18.8 Å². The van der Waals surface area contributed by atoms with Crippen LogP contribution in [0.25, 0.3) is 0 Å². The summed E-state index contributed by atoms with van der Waals surface area (Å²) in [7, 11) is 0. The zero-order valence-corrected chi connectivity index (χ0v) is 17.4. The Morgan fingerprint density at radius 1 is 0.800 bits per heavy atom. The second-order valence-electron chi connectivity index (χ2n) is 7.02. The molecule has 0 spiro atoms. The SMILES string of the molecule is O=C1C(=NCc2ccccc2)C(SCc2ccccc2)C=NN1Cc1ccccc1. The van der Waals surface area contributed by atoms with Crippen molar-refractivity contribution < 1.29 is 4.79 Å². The van der Waals surface area contributed by atoms with Gasteiger partial charge in [-0.05, 0) is 16.7 Å². The molecule has 0 aromatic heterocycles. The summed E-state index contributed by atoms with van der Waals surface area (Å²) in [5.41, 5.74) is 3.91. The van der Waals surface area contributed by atoms with Crippen LogP contribution < -0.4 is 0 Å². The van der Waals surface area contributed by atoms with Crippen LogP contribution in [-0.4, -0.2) is 28.1 Å². The van der Waals surface area contributed by atoms with Gasteiger partial charge in [-0.1, -0.05) is 91.0 Å². The average Bonchev–Trinajstić information content (AvgIpc) is 2.81. The van der Waals surface area contributed by atoms with Crippen LogP contribution in [-0.2, 0) is 23.6 Å². The van der Waals surface area contributed by atoms with Crippen LogP contribution in [0.4, 0.5) is 0 Å². The first-order valence-corrected chi connectivity index (χ1v) is 11.0. The molecule has 0 saturated heterocycles. The summed E-state index contributed by atoms with van der Waals surface area (Å²) in [6.07, 6.45) is 1.85. The highest BCUT2D eigenvalue weighted by molar-refractivity contribution is 8.00. The molecule has 5 heteroatoms. The molecule has 0 N–H and O–H groups in total. The van der Waals surface area contributed by atoms with Crippen molar-refractivity contribution in [2.45, 2.75) is 24.1 Å². The first kappa shape index (κ1) is 20.1. The second-order valence-corrected chi connectivity index (χ2v) is 8.15. The van der Waals surface area contributed by atoms with Gasteiger partial charge >= 0.3 is 0 Å². The number of amides is 1. The highest BCUT2D eigenvalue weighted by Crippen LogP contribution is 2.23. The summed E-state index contributed by atoms with van der Waals surface area (Å²) < 4.78 is 0. The Morgan fingerprint density at radius 2 is 1.37 bits per heavy atom.